The van der Waals surface area contributed by atoms with Crippen molar-refractivity contribution in [1.82, 2.24) is 10.2 Å². The van der Waals surface area contributed by atoms with Crippen molar-refractivity contribution in [3.8, 4) is 0 Å². The van der Waals surface area contributed by atoms with Gasteiger partial charge in [0.25, 0.3) is 11.8 Å². The van der Waals surface area contributed by atoms with E-state index in [0.29, 0.717) is 11.1 Å². The largest absolute Gasteiger partial charge is 0.467 e. The van der Waals surface area contributed by atoms with Crippen LogP contribution in [-0.4, -0.2) is 62.0 Å². The van der Waals surface area contributed by atoms with Gasteiger partial charge >= 0.3 is 5.97 Å². The van der Waals surface area contributed by atoms with E-state index in [0.717, 1.165) is 42.3 Å². The molecule has 2 aliphatic heterocycles. The van der Waals surface area contributed by atoms with Crippen LogP contribution in [0.4, 0.5) is 5.69 Å². The summed E-state index contributed by atoms with van der Waals surface area (Å²) in [6.07, 6.45) is 0.208. The minimum Gasteiger partial charge on any atom is -0.467 e. The summed E-state index contributed by atoms with van der Waals surface area (Å²) in [6.45, 7) is 3.79. The quantitative estimate of drug-likeness (QED) is 0.612. The predicted molar refractivity (Wildman–Crippen MR) is 108 cm³/mol. The Labute approximate surface area is 169 Å². The highest BCUT2D eigenvalue weighted by molar-refractivity contribution is 6.22. The topological polar surface area (TPSA) is 79.0 Å². The van der Waals surface area contributed by atoms with Gasteiger partial charge in [-0.25, -0.2) is 4.79 Å². The number of hydrogen-bond donors (Lipinski definition) is 1. The number of amides is 2. The number of ether oxygens (including phenoxy) is 1. The number of piperazine rings is 1. The molecule has 2 heterocycles. The fourth-order valence-electron chi connectivity index (χ4n) is 3.90. The molecule has 1 N–H and O–H groups in total. The summed E-state index contributed by atoms with van der Waals surface area (Å²) in [5.41, 5.74) is 2.61. The third-order valence-electron chi connectivity index (χ3n) is 5.46. The van der Waals surface area contributed by atoms with Crippen molar-refractivity contribution in [3.63, 3.8) is 0 Å². The molecule has 2 aromatic carbocycles. The highest BCUT2D eigenvalue weighted by Gasteiger charge is 2.43. The minimum atomic E-state index is -1.00. The van der Waals surface area contributed by atoms with Crippen LogP contribution in [0.15, 0.2) is 48.5 Å². The average Bonchev–Trinajstić information content (AvgIpc) is 3.03. The first-order valence-corrected chi connectivity index (χ1v) is 9.69. The van der Waals surface area contributed by atoms with E-state index < -0.39 is 23.8 Å². The highest BCUT2D eigenvalue weighted by Crippen LogP contribution is 2.27. The molecule has 0 saturated carbocycles. The first kappa shape index (κ1) is 19.1. The molecule has 2 amide bonds. The molecule has 29 heavy (non-hydrogen) atoms. The van der Waals surface area contributed by atoms with Crippen molar-refractivity contribution in [2.45, 2.75) is 12.5 Å². The standard InChI is InChI=1S/C22H23N3O4/c1-29-22(28)19(25-20(26)17-4-2-3-5-18(17)21(25)27)14-15-6-8-16(9-7-15)24-12-10-23-11-13-24/h2-9,19,23H,10-14H2,1H3/t19-/m0/s1. The van der Waals surface area contributed by atoms with Gasteiger partial charge in [-0.2, -0.15) is 0 Å². The average molecular weight is 393 g/mol. The second-order valence-electron chi connectivity index (χ2n) is 7.17. The zero-order valence-corrected chi connectivity index (χ0v) is 16.3. The molecule has 7 heteroatoms. The monoisotopic (exact) mass is 393 g/mol. The van der Waals surface area contributed by atoms with Crippen molar-refractivity contribution in [3.05, 3.63) is 65.2 Å². The molecule has 0 radical (unpaired) electrons. The van der Waals surface area contributed by atoms with Crippen molar-refractivity contribution < 1.29 is 19.1 Å². The van der Waals surface area contributed by atoms with Gasteiger partial charge in [0, 0.05) is 38.3 Å². The van der Waals surface area contributed by atoms with E-state index in [-0.39, 0.29) is 6.42 Å². The number of rotatable bonds is 5. The number of methoxy groups -OCH3 is 1. The maximum absolute atomic E-state index is 12.8. The summed E-state index contributed by atoms with van der Waals surface area (Å²) >= 11 is 0. The van der Waals surface area contributed by atoms with Crippen LogP contribution in [0.2, 0.25) is 0 Å². The summed E-state index contributed by atoms with van der Waals surface area (Å²) in [6, 6.07) is 13.5. The van der Waals surface area contributed by atoms with E-state index in [1.807, 2.05) is 24.3 Å². The molecule has 1 saturated heterocycles. The Morgan fingerprint density at radius 1 is 1.00 bits per heavy atom. The van der Waals surface area contributed by atoms with Crippen LogP contribution in [0.1, 0.15) is 26.3 Å². The summed E-state index contributed by atoms with van der Waals surface area (Å²) in [5, 5.41) is 3.33. The van der Waals surface area contributed by atoms with Crippen LogP contribution < -0.4 is 10.2 Å². The smallest absolute Gasteiger partial charge is 0.329 e. The second-order valence-corrected chi connectivity index (χ2v) is 7.17. The Bertz CT molecular complexity index is 900. The van der Waals surface area contributed by atoms with Gasteiger partial charge in [-0.05, 0) is 29.8 Å². The highest BCUT2D eigenvalue weighted by atomic mass is 16.5. The third kappa shape index (κ3) is 3.61. The zero-order chi connectivity index (χ0) is 20.4. The molecule has 2 aromatic rings. The SMILES string of the molecule is COC(=O)[C@H](Cc1ccc(N2CCNCC2)cc1)N1C(=O)c2ccccc2C1=O. The minimum absolute atomic E-state index is 0.208. The van der Waals surface area contributed by atoms with Crippen LogP contribution in [-0.2, 0) is 16.0 Å². The first-order valence-electron chi connectivity index (χ1n) is 9.69. The van der Waals surface area contributed by atoms with Gasteiger partial charge < -0.3 is 15.0 Å². The molecular weight excluding hydrogens is 370 g/mol. The maximum Gasteiger partial charge on any atom is 0.329 e. The van der Waals surface area contributed by atoms with E-state index in [2.05, 4.69) is 10.2 Å². The van der Waals surface area contributed by atoms with Crippen LogP contribution in [0.3, 0.4) is 0 Å². The van der Waals surface area contributed by atoms with E-state index in [1.54, 1.807) is 24.3 Å². The van der Waals surface area contributed by atoms with Gasteiger partial charge in [-0.3, -0.25) is 14.5 Å². The molecule has 2 aliphatic rings. The normalized spacial score (nSPS) is 17.3. The third-order valence-corrected chi connectivity index (χ3v) is 5.46. The lowest BCUT2D eigenvalue weighted by atomic mass is 10.0. The van der Waals surface area contributed by atoms with Crippen molar-refractivity contribution in [2.24, 2.45) is 0 Å². The number of hydrogen-bond acceptors (Lipinski definition) is 6. The number of nitrogens with one attached hydrogen (secondary N) is 1. The van der Waals surface area contributed by atoms with Crippen molar-refractivity contribution in [2.75, 3.05) is 38.2 Å². The van der Waals surface area contributed by atoms with Gasteiger partial charge in [0.2, 0.25) is 0 Å². The van der Waals surface area contributed by atoms with Crippen molar-refractivity contribution in [1.29, 1.82) is 0 Å². The Hall–Kier alpha value is -3.19. The predicted octanol–water partition coefficient (Wildman–Crippen LogP) is 1.48. The molecule has 0 bridgehead atoms. The number of fused-ring (bicyclic) bond motifs is 1. The van der Waals surface area contributed by atoms with Gasteiger partial charge in [0.15, 0.2) is 0 Å². The van der Waals surface area contributed by atoms with Gasteiger partial charge in [0.1, 0.15) is 6.04 Å². The summed E-state index contributed by atoms with van der Waals surface area (Å²) in [5.74, 6) is -1.53. The number of carbonyl (C=O) groups excluding carboxylic acids is 3. The Morgan fingerprint density at radius 2 is 1.59 bits per heavy atom. The number of esters is 1. The molecule has 7 nitrogen and oxygen atoms in total. The number of benzene rings is 2. The van der Waals surface area contributed by atoms with Gasteiger partial charge in [-0.15, -0.1) is 0 Å². The molecule has 0 aromatic heterocycles. The summed E-state index contributed by atoms with van der Waals surface area (Å²) < 4.78 is 4.91. The van der Waals surface area contributed by atoms with E-state index >= 15 is 0 Å². The van der Waals surface area contributed by atoms with Crippen LogP contribution >= 0.6 is 0 Å². The zero-order valence-electron chi connectivity index (χ0n) is 16.3. The Balaban J connectivity index is 1.56. The number of carbonyl (C=O) groups is 3. The molecule has 0 spiro atoms. The Morgan fingerprint density at radius 3 is 2.14 bits per heavy atom. The lowest BCUT2D eigenvalue weighted by Crippen LogP contribution is -2.46. The van der Waals surface area contributed by atoms with E-state index in [9.17, 15) is 14.4 Å². The van der Waals surface area contributed by atoms with Gasteiger partial charge in [-0.1, -0.05) is 24.3 Å². The van der Waals surface area contributed by atoms with Crippen LogP contribution in [0.25, 0.3) is 0 Å². The molecule has 0 aliphatic carbocycles. The first-order chi connectivity index (χ1) is 14.1. The summed E-state index contributed by atoms with van der Waals surface area (Å²) in [4.78, 5) is 41.4. The lowest BCUT2D eigenvalue weighted by molar-refractivity contribution is -0.145. The number of nitrogens with zero attached hydrogens (tertiary/aromatic N) is 2. The van der Waals surface area contributed by atoms with E-state index in [1.165, 1.54) is 7.11 Å². The van der Waals surface area contributed by atoms with E-state index in [4.69, 9.17) is 4.74 Å². The maximum atomic E-state index is 12.8. The van der Waals surface area contributed by atoms with Crippen LogP contribution in [0, 0.1) is 0 Å². The molecular formula is C22H23N3O4. The molecule has 150 valence electrons. The molecule has 4 rings (SSSR count). The second kappa shape index (κ2) is 8.05. The van der Waals surface area contributed by atoms with Gasteiger partial charge in [0.05, 0.1) is 18.2 Å². The van der Waals surface area contributed by atoms with Crippen molar-refractivity contribution >= 4 is 23.5 Å². The number of anilines is 1. The fourth-order valence-corrected chi connectivity index (χ4v) is 3.90. The molecule has 0 unspecified atom stereocenters. The lowest BCUT2D eigenvalue weighted by Gasteiger charge is -2.29. The number of imide groups is 1. The molecule has 1 atom stereocenters. The summed E-state index contributed by atoms with van der Waals surface area (Å²) in [7, 11) is 1.26. The Kier molecular flexibility index (Phi) is 5.31. The van der Waals surface area contributed by atoms with Crippen LogP contribution in [0.5, 0.6) is 0 Å². The molecule has 1 fully saturated rings. The fraction of sp³-hybridized carbons (Fsp3) is 0.318.